The maximum Gasteiger partial charge on any atom is 0.314 e. The summed E-state index contributed by atoms with van der Waals surface area (Å²) in [7, 11) is 1.58. The molecule has 0 atom stereocenters. The fourth-order valence-corrected chi connectivity index (χ4v) is 2.07. The number of amides is 2. The number of carbonyl (C=O) groups is 1. The Kier molecular flexibility index (Phi) is 3.76. The fraction of sp³-hybridized carbons (Fsp3) is 0.333. The van der Waals surface area contributed by atoms with Crippen LogP contribution in [0.15, 0.2) is 17.7 Å². The first-order valence-corrected chi connectivity index (χ1v) is 6.02. The second kappa shape index (κ2) is 5.48. The summed E-state index contributed by atoms with van der Waals surface area (Å²) in [5, 5.41) is 6.03. The largest absolute Gasteiger partial charge is 0.341 e. The van der Waals surface area contributed by atoms with Crippen LogP contribution in [0.3, 0.4) is 0 Å². The Morgan fingerprint density at radius 1 is 1.47 bits per heavy atom. The Bertz CT molecular complexity index is 513. The number of hydrogen-bond donors (Lipinski definition) is 3. The third-order valence-corrected chi connectivity index (χ3v) is 3.03. The maximum atomic E-state index is 10.9. The summed E-state index contributed by atoms with van der Waals surface area (Å²) in [5.41, 5.74) is 1.49. The van der Waals surface area contributed by atoms with E-state index in [0.717, 1.165) is 16.3 Å². The van der Waals surface area contributed by atoms with E-state index in [1.54, 1.807) is 25.1 Å². The predicted octanol–water partition coefficient (Wildman–Crippen LogP) is 0.374. The zero-order chi connectivity index (χ0) is 12.1. The van der Waals surface area contributed by atoms with Crippen LogP contribution in [0, 0.1) is 0 Å². The maximum absolute atomic E-state index is 10.9. The lowest BCUT2D eigenvalue weighted by molar-refractivity contribution is 0.243. The summed E-state index contributed by atoms with van der Waals surface area (Å²) in [4.78, 5) is 26.2. The monoisotopic (exact) mass is 252 g/mol. The van der Waals surface area contributed by atoms with Crippen molar-refractivity contribution in [1.82, 2.24) is 30.6 Å². The highest BCUT2D eigenvalue weighted by Crippen LogP contribution is 2.20. The summed E-state index contributed by atoms with van der Waals surface area (Å²) < 4.78 is 0. The number of aromatic nitrogens is 4. The van der Waals surface area contributed by atoms with Gasteiger partial charge in [-0.3, -0.25) is 0 Å². The van der Waals surface area contributed by atoms with Gasteiger partial charge in [-0.1, -0.05) is 0 Å². The van der Waals surface area contributed by atoms with Crippen LogP contribution in [0.4, 0.5) is 4.79 Å². The molecule has 0 unspecified atom stereocenters. The first-order chi connectivity index (χ1) is 8.31. The number of carbonyl (C=O) groups excluding carboxylic acids is 1. The highest BCUT2D eigenvalue weighted by atomic mass is 32.2. The molecule has 8 heteroatoms. The molecular weight excluding hydrogens is 240 g/mol. The number of urea groups is 1. The van der Waals surface area contributed by atoms with Gasteiger partial charge in [0.05, 0.1) is 6.33 Å². The molecule has 0 spiro atoms. The van der Waals surface area contributed by atoms with Crippen molar-refractivity contribution < 1.29 is 4.79 Å². The molecule has 0 aliphatic rings. The number of nitrogens with one attached hydrogen (secondary N) is 3. The third kappa shape index (κ3) is 2.84. The smallest absolute Gasteiger partial charge is 0.314 e. The Hall–Kier alpha value is -1.83. The lowest BCUT2D eigenvalue weighted by Gasteiger charge is -2.03. The molecule has 2 rings (SSSR count). The van der Waals surface area contributed by atoms with Crippen LogP contribution in [-0.4, -0.2) is 45.3 Å². The van der Waals surface area contributed by atoms with E-state index in [1.165, 1.54) is 6.33 Å². The minimum atomic E-state index is -0.181. The first-order valence-electron chi connectivity index (χ1n) is 5.03. The summed E-state index contributed by atoms with van der Waals surface area (Å²) in [5.74, 6) is 0.735. The van der Waals surface area contributed by atoms with Gasteiger partial charge in [-0.05, 0) is 0 Å². The normalized spacial score (nSPS) is 10.4. The number of nitrogens with zero attached hydrogens (tertiary/aromatic N) is 3. The SMILES string of the molecule is CNC(=O)NCCSc1ncnc2nc[nH]c12. The molecule has 0 aliphatic carbocycles. The third-order valence-electron chi connectivity index (χ3n) is 2.04. The summed E-state index contributed by atoms with van der Waals surface area (Å²) in [6.07, 6.45) is 3.07. The Morgan fingerprint density at radius 2 is 2.35 bits per heavy atom. The second-order valence-corrected chi connectivity index (χ2v) is 4.22. The Morgan fingerprint density at radius 3 is 3.18 bits per heavy atom. The average molecular weight is 252 g/mol. The minimum Gasteiger partial charge on any atom is -0.341 e. The highest BCUT2D eigenvalue weighted by molar-refractivity contribution is 7.99. The van der Waals surface area contributed by atoms with E-state index in [1.807, 2.05) is 0 Å². The van der Waals surface area contributed by atoms with Gasteiger partial charge in [0, 0.05) is 19.3 Å². The van der Waals surface area contributed by atoms with Crippen LogP contribution in [0.1, 0.15) is 0 Å². The van der Waals surface area contributed by atoms with Gasteiger partial charge in [0.25, 0.3) is 0 Å². The van der Waals surface area contributed by atoms with Crippen molar-refractivity contribution >= 4 is 29.0 Å². The summed E-state index contributed by atoms with van der Waals surface area (Å²) >= 11 is 1.54. The molecule has 0 radical (unpaired) electrons. The van der Waals surface area contributed by atoms with Gasteiger partial charge in [0.2, 0.25) is 0 Å². The van der Waals surface area contributed by atoms with E-state index < -0.39 is 0 Å². The van der Waals surface area contributed by atoms with E-state index in [2.05, 4.69) is 30.6 Å². The fourth-order valence-electron chi connectivity index (χ4n) is 1.25. The summed E-state index contributed by atoms with van der Waals surface area (Å²) in [6.45, 7) is 0.573. The van der Waals surface area contributed by atoms with Crippen LogP contribution in [0.25, 0.3) is 11.2 Å². The van der Waals surface area contributed by atoms with Crippen LogP contribution < -0.4 is 10.6 Å². The predicted molar refractivity (Wildman–Crippen MR) is 64.9 cm³/mol. The molecule has 2 amide bonds. The number of H-pyrrole nitrogens is 1. The molecule has 17 heavy (non-hydrogen) atoms. The van der Waals surface area contributed by atoms with Gasteiger partial charge in [0.15, 0.2) is 5.65 Å². The van der Waals surface area contributed by atoms with Crippen LogP contribution in [0.2, 0.25) is 0 Å². The molecule has 0 saturated carbocycles. The molecule has 2 aromatic rings. The Labute approximate surface area is 102 Å². The van der Waals surface area contributed by atoms with Crippen LogP contribution in [-0.2, 0) is 0 Å². The van der Waals surface area contributed by atoms with E-state index in [4.69, 9.17) is 0 Å². The molecule has 2 heterocycles. The van der Waals surface area contributed by atoms with Crippen molar-refractivity contribution in [1.29, 1.82) is 0 Å². The number of rotatable bonds is 4. The molecule has 90 valence electrons. The average Bonchev–Trinajstić information content (AvgIpc) is 2.83. The van der Waals surface area contributed by atoms with E-state index in [0.29, 0.717) is 12.2 Å². The quantitative estimate of drug-likeness (QED) is 0.415. The lowest BCUT2D eigenvalue weighted by Crippen LogP contribution is -2.34. The molecule has 0 bridgehead atoms. The van der Waals surface area contributed by atoms with E-state index in [9.17, 15) is 4.79 Å². The topological polar surface area (TPSA) is 95.6 Å². The number of hydrogen-bond acceptors (Lipinski definition) is 5. The number of imidazole rings is 1. The van der Waals surface area contributed by atoms with Crippen molar-refractivity contribution in [2.45, 2.75) is 5.03 Å². The molecule has 0 aromatic carbocycles. The lowest BCUT2D eigenvalue weighted by atomic mass is 10.6. The molecule has 0 saturated heterocycles. The van der Waals surface area contributed by atoms with Crippen molar-refractivity contribution in [2.24, 2.45) is 0 Å². The molecule has 3 N–H and O–H groups in total. The molecular formula is C9H12N6OS. The zero-order valence-corrected chi connectivity index (χ0v) is 10.0. The molecule has 0 aliphatic heterocycles. The Balaban J connectivity index is 1.91. The van der Waals surface area contributed by atoms with E-state index >= 15 is 0 Å². The van der Waals surface area contributed by atoms with Gasteiger partial charge in [0.1, 0.15) is 16.9 Å². The minimum absolute atomic E-state index is 0.181. The number of fused-ring (bicyclic) bond motifs is 1. The van der Waals surface area contributed by atoms with Crippen molar-refractivity contribution in [3.8, 4) is 0 Å². The standard InChI is InChI=1S/C9H12N6OS/c1-10-9(16)11-2-3-17-8-6-7(13-4-12-6)14-5-15-8/h4-5H,2-3H2,1H3,(H2,10,11,16)(H,12,13,14,15). The number of thioether (sulfide) groups is 1. The van der Waals surface area contributed by atoms with Gasteiger partial charge in [-0.25, -0.2) is 19.7 Å². The van der Waals surface area contributed by atoms with Crippen molar-refractivity contribution in [3.63, 3.8) is 0 Å². The van der Waals surface area contributed by atoms with Gasteiger partial charge >= 0.3 is 6.03 Å². The zero-order valence-electron chi connectivity index (χ0n) is 9.23. The highest BCUT2D eigenvalue weighted by Gasteiger charge is 2.05. The van der Waals surface area contributed by atoms with Crippen molar-refractivity contribution in [2.75, 3.05) is 19.3 Å². The first kappa shape index (κ1) is 11.6. The van der Waals surface area contributed by atoms with Crippen LogP contribution in [0.5, 0.6) is 0 Å². The van der Waals surface area contributed by atoms with Gasteiger partial charge < -0.3 is 15.6 Å². The van der Waals surface area contributed by atoms with E-state index in [-0.39, 0.29) is 6.03 Å². The van der Waals surface area contributed by atoms with Gasteiger partial charge in [-0.2, -0.15) is 0 Å². The molecule has 7 nitrogen and oxygen atoms in total. The molecule has 2 aromatic heterocycles. The summed E-state index contributed by atoms with van der Waals surface area (Å²) in [6, 6.07) is -0.181. The van der Waals surface area contributed by atoms with Gasteiger partial charge in [-0.15, -0.1) is 11.8 Å². The van der Waals surface area contributed by atoms with Crippen LogP contribution >= 0.6 is 11.8 Å². The van der Waals surface area contributed by atoms with Crippen molar-refractivity contribution in [3.05, 3.63) is 12.7 Å². The number of aromatic amines is 1. The second-order valence-electron chi connectivity index (χ2n) is 3.13. The molecule has 0 fully saturated rings.